The van der Waals surface area contributed by atoms with Crippen molar-refractivity contribution < 1.29 is 8.42 Å². The minimum absolute atomic E-state index is 0.0857. The second-order valence-corrected chi connectivity index (χ2v) is 7.04. The van der Waals surface area contributed by atoms with Gasteiger partial charge in [-0.3, -0.25) is 4.79 Å². The van der Waals surface area contributed by atoms with E-state index in [0.29, 0.717) is 23.1 Å². The van der Waals surface area contributed by atoms with Gasteiger partial charge in [0.2, 0.25) is 0 Å². The molecule has 0 saturated carbocycles. The number of anilines is 1. The first-order valence-electron chi connectivity index (χ1n) is 5.21. The van der Waals surface area contributed by atoms with Crippen molar-refractivity contribution >= 4 is 31.5 Å². The van der Waals surface area contributed by atoms with Crippen molar-refractivity contribution in [3.05, 3.63) is 27.1 Å². The highest BCUT2D eigenvalue weighted by Gasteiger charge is 2.08. The van der Waals surface area contributed by atoms with Crippen LogP contribution in [0.5, 0.6) is 0 Å². The second kappa shape index (κ2) is 5.68. The van der Waals surface area contributed by atoms with Gasteiger partial charge in [0.05, 0.1) is 10.2 Å². The zero-order valence-corrected chi connectivity index (χ0v) is 11.9. The number of nitrogen functional groups attached to an aromatic ring is 1. The van der Waals surface area contributed by atoms with Crippen LogP contribution in [0, 0.1) is 0 Å². The minimum Gasteiger partial charge on any atom is -0.398 e. The molecule has 7 heteroatoms. The van der Waals surface area contributed by atoms with E-state index in [1.165, 1.54) is 16.8 Å². The summed E-state index contributed by atoms with van der Waals surface area (Å²) in [6.45, 7) is 1.96. The summed E-state index contributed by atoms with van der Waals surface area (Å²) in [4.78, 5) is 11.7. The summed E-state index contributed by atoms with van der Waals surface area (Å²) in [5.41, 5.74) is 5.87. The van der Waals surface area contributed by atoms with Crippen molar-refractivity contribution in [3.8, 4) is 0 Å². The maximum absolute atomic E-state index is 11.7. The molecule has 0 unspecified atom stereocenters. The molecule has 0 amide bonds. The van der Waals surface area contributed by atoms with Gasteiger partial charge in [-0.15, -0.1) is 0 Å². The molecule has 0 radical (unpaired) electrons. The van der Waals surface area contributed by atoms with E-state index < -0.39 is 9.84 Å². The number of hydrogen-bond acceptors (Lipinski definition) is 4. The smallest absolute Gasteiger partial charge is 0.264 e. The summed E-state index contributed by atoms with van der Waals surface area (Å²) in [5, 5.41) is 0. The van der Waals surface area contributed by atoms with Crippen LogP contribution in [-0.4, -0.2) is 24.5 Å². The Morgan fingerprint density at radius 2 is 2.12 bits per heavy atom. The molecule has 0 aromatic carbocycles. The Hall–Kier alpha value is -0.820. The van der Waals surface area contributed by atoms with Gasteiger partial charge in [0.25, 0.3) is 5.56 Å². The number of sulfone groups is 1. The zero-order valence-electron chi connectivity index (χ0n) is 9.52. The SMILES string of the molecule is CCS(=O)(=O)CCCn1cc(N)cc(Br)c1=O. The molecule has 0 atom stereocenters. The van der Waals surface area contributed by atoms with E-state index in [2.05, 4.69) is 15.9 Å². The van der Waals surface area contributed by atoms with Crippen molar-refractivity contribution in [3.63, 3.8) is 0 Å². The lowest BCUT2D eigenvalue weighted by Crippen LogP contribution is -2.22. The van der Waals surface area contributed by atoms with Gasteiger partial charge in [-0.2, -0.15) is 0 Å². The first-order chi connectivity index (χ1) is 7.85. The molecule has 0 bridgehead atoms. The standard InChI is InChI=1S/C10H15BrN2O3S/c1-2-17(15,16)5-3-4-13-7-8(12)6-9(11)10(13)14/h6-7H,2-5,12H2,1H3. The normalized spacial score (nSPS) is 11.6. The predicted molar refractivity (Wildman–Crippen MR) is 71.8 cm³/mol. The Labute approximate surface area is 109 Å². The van der Waals surface area contributed by atoms with Crippen LogP contribution in [0.1, 0.15) is 13.3 Å². The van der Waals surface area contributed by atoms with Gasteiger partial charge in [0.15, 0.2) is 0 Å². The van der Waals surface area contributed by atoms with Gasteiger partial charge < -0.3 is 10.3 Å². The topological polar surface area (TPSA) is 82.2 Å². The number of aromatic nitrogens is 1. The van der Waals surface area contributed by atoms with Crippen LogP contribution in [0.2, 0.25) is 0 Å². The Balaban J connectivity index is 2.74. The van der Waals surface area contributed by atoms with Gasteiger partial charge >= 0.3 is 0 Å². The van der Waals surface area contributed by atoms with Gasteiger partial charge in [-0.05, 0) is 28.4 Å². The average Bonchev–Trinajstić information content (AvgIpc) is 2.24. The molecule has 5 nitrogen and oxygen atoms in total. The van der Waals surface area contributed by atoms with Gasteiger partial charge in [-0.1, -0.05) is 6.92 Å². The number of hydrogen-bond donors (Lipinski definition) is 1. The van der Waals surface area contributed by atoms with Crippen LogP contribution in [-0.2, 0) is 16.4 Å². The fourth-order valence-corrected chi connectivity index (χ4v) is 2.74. The molecule has 0 aliphatic carbocycles. The maximum atomic E-state index is 11.7. The van der Waals surface area contributed by atoms with Crippen LogP contribution in [0.15, 0.2) is 21.5 Å². The molecule has 1 heterocycles. The van der Waals surface area contributed by atoms with Crippen LogP contribution in [0.4, 0.5) is 5.69 Å². The van der Waals surface area contributed by atoms with Crippen LogP contribution >= 0.6 is 15.9 Å². The maximum Gasteiger partial charge on any atom is 0.264 e. The van der Waals surface area contributed by atoms with E-state index in [0.717, 1.165) is 0 Å². The summed E-state index contributed by atoms with van der Waals surface area (Å²) in [5.74, 6) is 0.213. The fourth-order valence-electron chi connectivity index (χ4n) is 1.39. The van der Waals surface area contributed by atoms with E-state index in [1.807, 2.05) is 0 Å². The zero-order chi connectivity index (χ0) is 13.1. The number of nitrogens with zero attached hydrogens (tertiary/aromatic N) is 1. The van der Waals surface area contributed by atoms with Crippen molar-refractivity contribution in [1.82, 2.24) is 4.57 Å². The molecular weight excluding hydrogens is 308 g/mol. The third kappa shape index (κ3) is 4.16. The largest absolute Gasteiger partial charge is 0.398 e. The lowest BCUT2D eigenvalue weighted by atomic mass is 10.4. The number of rotatable bonds is 5. The molecule has 0 spiro atoms. The predicted octanol–water partition coefficient (Wildman–Crippen LogP) is 1.02. The quantitative estimate of drug-likeness (QED) is 0.877. The second-order valence-electron chi connectivity index (χ2n) is 3.71. The summed E-state index contributed by atoms with van der Waals surface area (Å²) < 4.78 is 24.4. The lowest BCUT2D eigenvalue weighted by Gasteiger charge is -2.07. The monoisotopic (exact) mass is 322 g/mol. The summed E-state index contributed by atoms with van der Waals surface area (Å²) in [6.07, 6.45) is 1.93. The first kappa shape index (κ1) is 14.2. The van der Waals surface area contributed by atoms with E-state index in [-0.39, 0.29) is 17.1 Å². The van der Waals surface area contributed by atoms with Gasteiger partial charge in [0.1, 0.15) is 9.84 Å². The van der Waals surface area contributed by atoms with Crippen LogP contribution in [0.25, 0.3) is 0 Å². The highest BCUT2D eigenvalue weighted by Crippen LogP contribution is 2.08. The Morgan fingerprint density at radius 1 is 1.47 bits per heavy atom. The average molecular weight is 323 g/mol. The van der Waals surface area contributed by atoms with E-state index in [1.54, 1.807) is 6.92 Å². The van der Waals surface area contributed by atoms with E-state index >= 15 is 0 Å². The molecule has 0 fully saturated rings. The Kier molecular flexibility index (Phi) is 4.76. The molecule has 0 saturated heterocycles. The minimum atomic E-state index is -2.98. The molecule has 1 aromatic rings. The third-order valence-electron chi connectivity index (χ3n) is 2.36. The van der Waals surface area contributed by atoms with Crippen LogP contribution in [0.3, 0.4) is 0 Å². The summed E-state index contributed by atoms with van der Waals surface area (Å²) in [7, 11) is -2.98. The lowest BCUT2D eigenvalue weighted by molar-refractivity contribution is 0.585. The molecule has 2 N–H and O–H groups in total. The molecule has 17 heavy (non-hydrogen) atoms. The van der Waals surface area contributed by atoms with E-state index in [4.69, 9.17) is 5.73 Å². The number of nitrogens with two attached hydrogens (primary N) is 1. The number of aryl methyl sites for hydroxylation is 1. The molecule has 0 aliphatic heterocycles. The summed E-state index contributed by atoms with van der Waals surface area (Å²) >= 11 is 3.11. The molecular formula is C10H15BrN2O3S. The molecule has 1 rings (SSSR count). The van der Waals surface area contributed by atoms with E-state index in [9.17, 15) is 13.2 Å². The van der Waals surface area contributed by atoms with Crippen molar-refractivity contribution in [2.24, 2.45) is 0 Å². The van der Waals surface area contributed by atoms with Gasteiger partial charge in [-0.25, -0.2) is 8.42 Å². The Bertz CT molecular complexity index is 551. The van der Waals surface area contributed by atoms with Gasteiger partial charge in [0, 0.05) is 24.2 Å². The van der Waals surface area contributed by atoms with Crippen LogP contribution < -0.4 is 11.3 Å². The van der Waals surface area contributed by atoms with Crippen molar-refractivity contribution in [1.29, 1.82) is 0 Å². The molecule has 0 aliphatic rings. The third-order valence-corrected chi connectivity index (χ3v) is 4.72. The van der Waals surface area contributed by atoms with Crippen molar-refractivity contribution in [2.75, 3.05) is 17.2 Å². The number of halogens is 1. The summed E-state index contributed by atoms with van der Waals surface area (Å²) in [6, 6.07) is 1.53. The molecule has 1 aromatic heterocycles. The fraction of sp³-hybridized carbons (Fsp3) is 0.500. The van der Waals surface area contributed by atoms with Crippen molar-refractivity contribution in [2.45, 2.75) is 19.9 Å². The highest BCUT2D eigenvalue weighted by molar-refractivity contribution is 9.10. The Morgan fingerprint density at radius 3 is 2.71 bits per heavy atom. The number of pyridine rings is 1. The first-order valence-corrected chi connectivity index (χ1v) is 7.83. The highest BCUT2D eigenvalue weighted by atomic mass is 79.9. The molecule has 96 valence electrons.